The maximum Gasteiger partial charge on any atom is 0.469 e. The van der Waals surface area contributed by atoms with E-state index in [0.29, 0.717) is 25.7 Å². The number of carbonyl (C=O) groups is 2. The number of unbranched alkanes of at least 4 members (excludes halogenated alkanes) is 9. The van der Waals surface area contributed by atoms with Crippen LogP contribution in [0.5, 0.6) is 0 Å². The Morgan fingerprint density at radius 1 is 0.608 bits per heavy atom. The Labute approximate surface area is 308 Å². The quantitative estimate of drug-likeness (QED) is 0.0198. The third-order valence-electron chi connectivity index (χ3n) is 7.47. The molecule has 3 N–H and O–H groups in total. The third-order valence-corrected chi connectivity index (χ3v) is 7.95. The van der Waals surface area contributed by atoms with Crippen LogP contribution in [0.25, 0.3) is 0 Å². The lowest BCUT2D eigenvalue weighted by molar-refractivity contribution is -0.161. The minimum absolute atomic E-state index is 0.134. The average molecular weight is 735 g/mol. The van der Waals surface area contributed by atoms with E-state index in [-0.39, 0.29) is 19.4 Å². The maximum atomic E-state index is 12.3. The fourth-order valence-corrected chi connectivity index (χ4v) is 4.93. The first-order chi connectivity index (χ1) is 24.7. The Kier molecular flexibility index (Phi) is 33.6. The van der Waals surface area contributed by atoms with Gasteiger partial charge in [0.2, 0.25) is 0 Å². The third kappa shape index (κ3) is 38.3. The van der Waals surface area contributed by atoms with Crippen LogP contribution in [0.15, 0.2) is 85.1 Å². The fourth-order valence-electron chi connectivity index (χ4n) is 4.57. The van der Waals surface area contributed by atoms with Gasteiger partial charge in [-0.3, -0.25) is 14.1 Å². The number of hydrogen-bond donors (Lipinski definition) is 3. The molecule has 0 fully saturated rings. The van der Waals surface area contributed by atoms with Crippen LogP contribution in [0.2, 0.25) is 0 Å². The molecule has 0 heterocycles. The molecule has 0 saturated heterocycles. The van der Waals surface area contributed by atoms with Crippen molar-refractivity contribution >= 4 is 19.8 Å². The minimum atomic E-state index is -4.79. The lowest BCUT2D eigenvalue weighted by atomic mass is 10.1. The molecule has 0 radical (unpaired) electrons. The van der Waals surface area contributed by atoms with Crippen molar-refractivity contribution in [1.82, 2.24) is 0 Å². The number of allylic oxidation sites excluding steroid dienone is 12. The zero-order valence-corrected chi connectivity index (χ0v) is 32.2. The van der Waals surface area contributed by atoms with Gasteiger partial charge in [-0.15, -0.1) is 0 Å². The molecular weight excluding hydrogens is 667 g/mol. The lowest BCUT2D eigenvalue weighted by Gasteiger charge is -2.18. The van der Waals surface area contributed by atoms with E-state index in [9.17, 15) is 19.3 Å². The number of ether oxygens (including phenoxy) is 2. The van der Waals surface area contributed by atoms with Crippen molar-refractivity contribution in [2.45, 2.75) is 148 Å². The highest BCUT2D eigenvalue weighted by Crippen LogP contribution is 2.35. The molecule has 0 rings (SSSR count). The lowest BCUT2D eigenvalue weighted by Crippen LogP contribution is -2.29. The van der Waals surface area contributed by atoms with E-state index in [1.54, 1.807) is 6.08 Å². The first-order valence-corrected chi connectivity index (χ1v) is 20.5. The van der Waals surface area contributed by atoms with Crippen LogP contribution in [-0.4, -0.2) is 52.3 Å². The van der Waals surface area contributed by atoms with Gasteiger partial charge in [-0.2, -0.15) is 0 Å². The molecule has 0 amide bonds. The van der Waals surface area contributed by atoms with Gasteiger partial charge in [-0.05, 0) is 83.5 Å². The number of carbonyl (C=O) groups excluding carboxylic acids is 2. The van der Waals surface area contributed by atoms with Crippen LogP contribution in [0, 0.1) is 0 Å². The van der Waals surface area contributed by atoms with Crippen molar-refractivity contribution in [2.75, 3.05) is 13.2 Å². The van der Waals surface area contributed by atoms with E-state index in [0.717, 1.165) is 44.9 Å². The summed E-state index contributed by atoms with van der Waals surface area (Å²) in [6.45, 7) is 3.45. The second-order valence-corrected chi connectivity index (χ2v) is 13.6. The Hall–Kier alpha value is -2.81. The summed E-state index contributed by atoms with van der Waals surface area (Å²) in [5, 5.41) is 10.0. The molecule has 0 aliphatic rings. The molecule has 0 aromatic heterocycles. The van der Waals surface area contributed by atoms with Gasteiger partial charge in [-0.1, -0.05) is 125 Å². The number of aliphatic hydroxyl groups is 1. The minimum Gasteiger partial charge on any atom is -0.462 e. The van der Waals surface area contributed by atoms with E-state index in [1.165, 1.54) is 38.5 Å². The smallest absolute Gasteiger partial charge is 0.462 e. The molecule has 0 aromatic rings. The molecule has 290 valence electrons. The predicted octanol–water partition coefficient (Wildman–Crippen LogP) is 10.3. The Morgan fingerprint density at radius 3 is 1.71 bits per heavy atom. The summed E-state index contributed by atoms with van der Waals surface area (Å²) in [5.41, 5.74) is 0. The second kappa shape index (κ2) is 35.6. The van der Waals surface area contributed by atoms with Crippen LogP contribution in [-0.2, 0) is 28.2 Å². The van der Waals surface area contributed by atoms with Gasteiger partial charge in [-0.25, -0.2) is 4.57 Å². The average Bonchev–Trinajstić information content (AvgIpc) is 3.09. The summed E-state index contributed by atoms with van der Waals surface area (Å²) in [6, 6.07) is 0. The number of esters is 2. The molecule has 2 atom stereocenters. The fraction of sp³-hybridized carbons (Fsp3) is 0.610. The van der Waals surface area contributed by atoms with Crippen molar-refractivity contribution in [1.29, 1.82) is 0 Å². The maximum absolute atomic E-state index is 12.3. The highest BCUT2D eigenvalue weighted by Gasteiger charge is 2.22. The van der Waals surface area contributed by atoms with Crippen molar-refractivity contribution < 1.29 is 43.0 Å². The van der Waals surface area contributed by atoms with Crippen LogP contribution >= 0.6 is 7.82 Å². The van der Waals surface area contributed by atoms with Gasteiger partial charge in [0, 0.05) is 12.8 Å². The first-order valence-electron chi connectivity index (χ1n) is 19.0. The molecular formula is C41H67O9P. The van der Waals surface area contributed by atoms with Gasteiger partial charge in [0.15, 0.2) is 6.10 Å². The van der Waals surface area contributed by atoms with Crippen molar-refractivity contribution in [3.8, 4) is 0 Å². The summed E-state index contributed by atoms with van der Waals surface area (Å²) in [4.78, 5) is 42.7. The number of hydrogen-bond acceptors (Lipinski definition) is 7. The van der Waals surface area contributed by atoms with Gasteiger partial charge in [0.1, 0.15) is 6.61 Å². The monoisotopic (exact) mass is 734 g/mol. The normalized spacial score (nSPS) is 14.1. The van der Waals surface area contributed by atoms with Crippen LogP contribution < -0.4 is 0 Å². The topological polar surface area (TPSA) is 140 Å². The van der Waals surface area contributed by atoms with Crippen molar-refractivity contribution in [3.63, 3.8) is 0 Å². The van der Waals surface area contributed by atoms with Crippen LogP contribution in [0.1, 0.15) is 136 Å². The molecule has 0 bridgehead atoms. The Balaban J connectivity index is 4.22. The molecule has 10 heteroatoms. The molecule has 9 nitrogen and oxygen atoms in total. The van der Waals surface area contributed by atoms with Gasteiger partial charge >= 0.3 is 19.8 Å². The zero-order valence-electron chi connectivity index (χ0n) is 31.3. The first kappa shape index (κ1) is 48.2. The molecule has 0 aliphatic heterocycles. The van der Waals surface area contributed by atoms with Gasteiger partial charge < -0.3 is 24.4 Å². The molecule has 0 unspecified atom stereocenters. The van der Waals surface area contributed by atoms with Crippen molar-refractivity contribution in [3.05, 3.63) is 85.1 Å². The summed E-state index contributed by atoms with van der Waals surface area (Å²) in [7, 11) is -4.79. The highest BCUT2D eigenvalue weighted by molar-refractivity contribution is 7.46. The highest BCUT2D eigenvalue weighted by atomic mass is 31.2. The van der Waals surface area contributed by atoms with E-state index in [4.69, 9.17) is 19.3 Å². The number of phosphoric ester groups is 1. The van der Waals surface area contributed by atoms with Crippen LogP contribution in [0.3, 0.4) is 0 Å². The standard InChI is InChI=1S/C41H67O9P/c1-3-5-7-9-11-12-13-14-15-16-17-18-22-27-31-35-41(44)50-39(37-49-51(45,46)47)36-48-40(43)34-30-26-23-19-21-25-29-33-38(42)32-28-24-20-10-8-6-4-2/h11-12,14-15,17-20,23-25,28-29,32,38-39,42H,3-10,13,16,21-22,26-27,30-31,33-37H2,1-2H3,(H2,45,46,47)/b12-11-,15-14-,18-17-,23-19+,24-20-,29-25-,32-28-/t38-,39-/m1/s1. The van der Waals surface area contributed by atoms with E-state index >= 15 is 0 Å². The molecule has 0 aliphatic carbocycles. The van der Waals surface area contributed by atoms with Crippen molar-refractivity contribution in [2.24, 2.45) is 0 Å². The zero-order chi connectivity index (χ0) is 37.7. The Bertz CT molecular complexity index is 1110. The summed E-state index contributed by atoms with van der Waals surface area (Å²) >= 11 is 0. The Morgan fingerprint density at radius 2 is 1.12 bits per heavy atom. The van der Waals surface area contributed by atoms with Crippen LogP contribution in [0.4, 0.5) is 0 Å². The van der Waals surface area contributed by atoms with E-state index < -0.39 is 38.6 Å². The van der Waals surface area contributed by atoms with E-state index in [2.05, 4.69) is 60.9 Å². The summed E-state index contributed by atoms with van der Waals surface area (Å²) in [5.74, 6) is -1.05. The molecule has 51 heavy (non-hydrogen) atoms. The molecule has 0 spiro atoms. The summed E-state index contributed by atoms with van der Waals surface area (Å²) < 4.78 is 26.2. The van der Waals surface area contributed by atoms with Gasteiger partial charge in [0.05, 0.1) is 12.7 Å². The number of aliphatic hydroxyl groups excluding tert-OH is 1. The largest absolute Gasteiger partial charge is 0.469 e. The van der Waals surface area contributed by atoms with E-state index in [1.807, 2.05) is 36.5 Å². The number of rotatable bonds is 33. The second-order valence-electron chi connectivity index (χ2n) is 12.4. The predicted molar refractivity (Wildman–Crippen MR) is 208 cm³/mol. The molecule has 0 aromatic carbocycles. The number of phosphoric acid groups is 1. The SMILES string of the molecule is CCCCC/C=C\C=C/[C@@H](O)C/C=C\C/C=C/CCCC(=O)OC[C@H](COP(=O)(O)O)OC(=O)CCCC/C=C\C/C=C\C/C=C\CCCCC. The van der Waals surface area contributed by atoms with Gasteiger partial charge in [0.25, 0.3) is 0 Å². The summed E-state index contributed by atoms with van der Waals surface area (Å²) in [6.07, 6.45) is 43.3. The molecule has 0 saturated carbocycles.